The van der Waals surface area contributed by atoms with Crippen LogP contribution in [0.25, 0.3) is 10.9 Å². The zero-order valence-electron chi connectivity index (χ0n) is 11.7. The van der Waals surface area contributed by atoms with Crippen LogP contribution in [0, 0.1) is 6.92 Å². The Kier molecular flexibility index (Phi) is 3.12. The summed E-state index contributed by atoms with van der Waals surface area (Å²) >= 11 is 7.85. The van der Waals surface area contributed by atoms with Crippen LogP contribution in [-0.4, -0.2) is 4.98 Å². The summed E-state index contributed by atoms with van der Waals surface area (Å²) in [5.41, 5.74) is 4.56. The predicted octanol–water partition coefficient (Wildman–Crippen LogP) is 5.36. The maximum atomic E-state index is 6.14. The molecule has 0 fully saturated rings. The van der Waals surface area contributed by atoms with Gasteiger partial charge in [0.1, 0.15) is 0 Å². The van der Waals surface area contributed by atoms with Crippen LogP contribution in [0.5, 0.6) is 0 Å². The molecule has 3 aromatic rings. The van der Waals surface area contributed by atoms with E-state index in [1.165, 1.54) is 15.8 Å². The number of fused-ring (bicyclic) bond motifs is 2. The summed E-state index contributed by atoms with van der Waals surface area (Å²) in [6.45, 7) is 2.03. The van der Waals surface area contributed by atoms with Crippen LogP contribution in [-0.2, 0) is 6.42 Å². The van der Waals surface area contributed by atoms with E-state index in [-0.39, 0.29) is 0 Å². The van der Waals surface area contributed by atoms with E-state index in [2.05, 4.69) is 41.7 Å². The molecule has 1 unspecified atom stereocenters. The average Bonchev–Trinajstić information content (AvgIpc) is 3.00. The van der Waals surface area contributed by atoms with Crippen molar-refractivity contribution in [2.45, 2.75) is 25.8 Å². The van der Waals surface area contributed by atoms with Crippen LogP contribution < -0.4 is 5.32 Å². The second-order valence-electron chi connectivity index (χ2n) is 5.49. The van der Waals surface area contributed by atoms with Crippen LogP contribution in [0.1, 0.15) is 28.6 Å². The molecule has 0 spiro atoms. The van der Waals surface area contributed by atoms with Gasteiger partial charge in [0.25, 0.3) is 0 Å². The molecule has 0 saturated carbocycles. The molecular formula is C17H15ClN2S. The average molecular weight is 315 g/mol. The molecule has 0 saturated heterocycles. The summed E-state index contributed by atoms with van der Waals surface area (Å²) in [4.78, 5) is 6.11. The van der Waals surface area contributed by atoms with Gasteiger partial charge in [-0.05, 0) is 43.5 Å². The maximum absolute atomic E-state index is 6.14. The molecular weight excluding hydrogens is 300 g/mol. The van der Waals surface area contributed by atoms with Gasteiger partial charge in [-0.3, -0.25) is 4.98 Å². The van der Waals surface area contributed by atoms with Crippen molar-refractivity contribution in [3.63, 3.8) is 0 Å². The summed E-state index contributed by atoms with van der Waals surface area (Å²) < 4.78 is 0.887. The fourth-order valence-corrected chi connectivity index (χ4v) is 4.39. The minimum absolute atomic E-state index is 0.344. The molecule has 1 aliphatic rings. The van der Waals surface area contributed by atoms with Gasteiger partial charge in [0, 0.05) is 16.0 Å². The zero-order valence-corrected chi connectivity index (χ0v) is 13.3. The van der Waals surface area contributed by atoms with Gasteiger partial charge >= 0.3 is 0 Å². The van der Waals surface area contributed by atoms with Crippen molar-refractivity contribution in [3.05, 3.63) is 56.9 Å². The molecule has 0 radical (unpaired) electrons. The second kappa shape index (κ2) is 5.00. The number of hydrogen-bond acceptors (Lipinski definition) is 3. The number of aryl methyl sites for hydroxylation is 2. The molecule has 0 amide bonds. The smallest absolute Gasteiger partial charge is 0.0936 e. The molecule has 106 valence electrons. The third kappa shape index (κ3) is 2.30. The van der Waals surface area contributed by atoms with E-state index in [0.29, 0.717) is 6.04 Å². The van der Waals surface area contributed by atoms with Crippen LogP contribution in [0.3, 0.4) is 0 Å². The molecule has 1 aliphatic carbocycles. The first-order valence-electron chi connectivity index (χ1n) is 7.12. The first-order valence-corrected chi connectivity index (χ1v) is 8.31. The van der Waals surface area contributed by atoms with Crippen molar-refractivity contribution >= 4 is 39.5 Å². The van der Waals surface area contributed by atoms with Gasteiger partial charge in [0.15, 0.2) is 0 Å². The zero-order chi connectivity index (χ0) is 14.4. The number of pyridine rings is 1. The Bertz CT molecular complexity index is 825. The number of hydrogen-bond donors (Lipinski definition) is 1. The molecule has 1 aromatic carbocycles. The van der Waals surface area contributed by atoms with Crippen LogP contribution >= 0.6 is 22.9 Å². The number of nitrogens with zero attached hydrogens (tertiary/aromatic N) is 1. The van der Waals surface area contributed by atoms with Gasteiger partial charge in [-0.25, -0.2) is 0 Å². The lowest BCUT2D eigenvalue weighted by molar-refractivity contribution is 0.763. The van der Waals surface area contributed by atoms with E-state index < -0.39 is 0 Å². The summed E-state index contributed by atoms with van der Waals surface area (Å²) in [5, 5.41) is 4.84. The molecule has 21 heavy (non-hydrogen) atoms. The Hall–Kier alpha value is -1.58. The van der Waals surface area contributed by atoms with Gasteiger partial charge in [0.05, 0.1) is 21.6 Å². The number of halogens is 1. The fourth-order valence-electron chi connectivity index (χ4n) is 3.03. The molecule has 0 aliphatic heterocycles. The van der Waals surface area contributed by atoms with Gasteiger partial charge in [0.2, 0.25) is 0 Å². The van der Waals surface area contributed by atoms with Gasteiger partial charge < -0.3 is 5.32 Å². The SMILES string of the molecule is Cc1ccc2cccc(NC3CCc4sc(Cl)cc43)c2n1. The molecule has 2 aromatic heterocycles. The van der Waals surface area contributed by atoms with E-state index in [0.717, 1.165) is 34.1 Å². The Labute approximate surface area is 132 Å². The molecule has 4 heteroatoms. The summed E-state index contributed by atoms with van der Waals surface area (Å²) in [7, 11) is 0. The molecule has 2 nitrogen and oxygen atoms in total. The van der Waals surface area contributed by atoms with Gasteiger partial charge in [-0.15, -0.1) is 11.3 Å². The number of thiophene rings is 1. The van der Waals surface area contributed by atoms with Crippen molar-refractivity contribution in [2.75, 3.05) is 5.32 Å². The topological polar surface area (TPSA) is 24.9 Å². The van der Waals surface area contributed by atoms with Crippen molar-refractivity contribution in [1.29, 1.82) is 0 Å². The lowest BCUT2D eigenvalue weighted by Gasteiger charge is -2.16. The standard InChI is InChI=1S/C17H15ClN2S/c1-10-5-6-11-3-2-4-14(17(11)19-10)20-13-7-8-15-12(13)9-16(18)21-15/h2-6,9,13,20H,7-8H2,1H3. The fraction of sp³-hybridized carbons (Fsp3) is 0.235. The van der Waals surface area contributed by atoms with E-state index in [1.54, 1.807) is 11.3 Å². The Balaban J connectivity index is 1.73. The Morgan fingerprint density at radius 1 is 1.29 bits per heavy atom. The first-order chi connectivity index (χ1) is 10.2. The van der Waals surface area contributed by atoms with Crippen molar-refractivity contribution < 1.29 is 0 Å². The third-order valence-corrected chi connectivity index (χ3v) is 5.38. The lowest BCUT2D eigenvalue weighted by Crippen LogP contribution is -2.07. The predicted molar refractivity (Wildman–Crippen MR) is 90.5 cm³/mol. The Morgan fingerprint density at radius 3 is 3.10 bits per heavy atom. The van der Waals surface area contributed by atoms with Crippen molar-refractivity contribution in [3.8, 4) is 0 Å². The maximum Gasteiger partial charge on any atom is 0.0936 e. The van der Waals surface area contributed by atoms with Gasteiger partial charge in [-0.1, -0.05) is 29.8 Å². The first kappa shape index (κ1) is 13.1. The monoisotopic (exact) mass is 314 g/mol. The molecule has 1 N–H and O–H groups in total. The molecule has 1 atom stereocenters. The molecule has 2 heterocycles. The number of anilines is 1. The normalized spacial score (nSPS) is 17.1. The van der Waals surface area contributed by atoms with Crippen molar-refractivity contribution in [1.82, 2.24) is 4.98 Å². The van der Waals surface area contributed by atoms with E-state index >= 15 is 0 Å². The van der Waals surface area contributed by atoms with Crippen LogP contribution in [0.4, 0.5) is 5.69 Å². The summed E-state index contributed by atoms with van der Waals surface area (Å²) in [6.07, 6.45) is 2.24. The highest BCUT2D eigenvalue weighted by Gasteiger charge is 2.25. The quantitative estimate of drug-likeness (QED) is 0.689. The van der Waals surface area contributed by atoms with Crippen LogP contribution in [0.2, 0.25) is 4.34 Å². The lowest BCUT2D eigenvalue weighted by atomic mass is 10.1. The van der Waals surface area contributed by atoms with E-state index in [1.807, 2.05) is 6.92 Å². The number of aromatic nitrogens is 1. The molecule has 4 rings (SSSR count). The van der Waals surface area contributed by atoms with Crippen molar-refractivity contribution in [2.24, 2.45) is 0 Å². The highest BCUT2D eigenvalue weighted by atomic mass is 35.5. The second-order valence-corrected chi connectivity index (χ2v) is 7.26. The number of rotatable bonds is 2. The van der Waals surface area contributed by atoms with E-state index in [9.17, 15) is 0 Å². The largest absolute Gasteiger partial charge is 0.376 e. The molecule has 0 bridgehead atoms. The van der Waals surface area contributed by atoms with Crippen LogP contribution in [0.15, 0.2) is 36.4 Å². The number of para-hydroxylation sites is 1. The third-order valence-electron chi connectivity index (χ3n) is 4.04. The highest BCUT2D eigenvalue weighted by Crippen LogP contribution is 2.41. The minimum atomic E-state index is 0.344. The van der Waals surface area contributed by atoms with E-state index in [4.69, 9.17) is 16.6 Å². The minimum Gasteiger partial charge on any atom is -0.376 e. The van der Waals surface area contributed by atoms with Gasteiger partial charge in [-0.2, -0.15) is 0 Å². The Morgan fingerprint density at radius 2 is 2.19 bits per heavy atom. The highest BCUT2D eigenvalue weighted by molar-refractivity contribution is 7.16. The summed E-state index contributed by atoms with van der Waals surface area (Å²) in [6, 6.07) is 12.9. The number of benzene rings is 1. The number of nitrogens with one attached hydrogen (secondary N) is 1. The summed E-state index contributed by atoms with van der Waals surface area (Å²) in [5.74, 6) is 0.